The highest BCUT2D eigenvalue weighted by Crippen LogP contribution is 2.24. The topological polar surface area (TPSA) is 175 Å². The number of carbonyl (C=O) groups excluding carboxylic acids is 3. The lowest BCUT2D eigenvalue weighted by atomic mass is 9.87. The van der Waals surface area contributed by atoms with E-state index < -0.39 is 78.3 Å². The number of carboxylic acid groups (broad SMARTS) is 1. The second-order valence-electron chi connectivity index (χ2n) is 16.1. The molecule has 2 aromatic rings. The van der Waals surface area contributed by atoms with E-state index >= 15 is 0 Å². The summed E-state index contributed by atoms with van der Waals surface area (Å²) in [7, 11) is -5.54. The van der Waals surface area contributed by atoms with Crippen molar-refractivity contribution < 1.29 is 50.8 Å². The van der Waals surface area contributed by atoms with Crippen LogP contribution in [0.2, 0.25) is 0 Å². The van der Waals surface area contributed by atoms with Gasteiger partial charge in [-0.3, -0.25) is 18.6 Å². The molecule has 0 aliphatic carbocycles. The lowest BCUT2D eigenvalue weighted by molar-refractivity contribution is -0.159. The fraction of sp³-hybridized carbons (Fsp3) is 0.538. The predicted octanol–water partition coefficient (Wildman–Crippen LogP) is 2.95. The van der Waals surface area contributed by atoms with Crippen LogP contribution in [0.5, 0.6) is 0 Å². The van der Waals surface area contributed by atoms with E-state index in [2.05, 4.69) is 62.5 Å². The van der Waals surface area contributed by atoms with Crippen LogP contribution in [0.25, 0.3) is 0 Å². The van der Waals surface area contributed by atoms with Crippen molar-refractivity contribution in [3.63, 3.8) is 0 Å². The molecule has 297 valence electrons. The van der Waals surface area contributed by atoms with Crippen molar-refractivity contribution in [1.29, 1.82) is 0 Å². The second kappa shape index (κ2) is 19.1. The zero-order valence-electron chi connectivity index (χ0n) is 32.5. The molecule has 0 spiro atoms. The molecule has 1 saturated heterocycles. The van der Waals surface area contributed by atoms with E-state index in [1.807, 2.05) is 32.0 Å². The van der Waals surface area contributed by atoms with Gasteiger partial charge in [-0.05, 0) is 60.4 Å². The average Bonchev–Trinajstić information content (AvgIpc) is 3.35. The van der Waals surface area contributed by atoms with E-state index in [0.29, 0.717) is 19.1 Å². The van der Waals surface area contributed by atoms with Crippen LogP contribution in [-0.4, -0.2) is 108 Å². The Balaban J connectivity index is 1.53. The molecule has 54 heavy (non-hydrogen) atoms. The molecule has 1 aliphatic heterocycles. The van der Waals surface area contributed by atoms with Gasteiger partial charge in [0.1, 0.15) is 18.2 Å². The Labute approximate surface area is 321 Å². The van der Waals surface area contributed by atoms with Crippen molar-refractivity contribution in [2.24, 2.45) is 5.41 Å². The summed E-state index contributed by atoms with van der Waals surface area (Å²) in [6.45, 7) is 15.0. The van der Waals surface area contributed by atoms with Gasteiger partial charge in [-0.2, -0.15) is 8.42 Å². The van der Waals surface area contributed by atoms with E-state index in [1.165, 1.54) is 10.5 Å². The Hall–Kier alpha value is -3.89. The number of carbonyl (C=O) groups is 4. The normalized spacial score (nSPS) is 17.0. The van der Waals surface area contributed by atoms with E-state index in [-0.39, 0.29) is 31.7 Å². The molecule has 0 unspecified atom stereocenters. The number of esters is 1. The Kier molecular flexibility index (Phi) is 15.8. The first-order chi connectivity index (χ1) is 25.1. The minimum absolute atomic E-state index is 0.0327. The molecular formula is C39H55N2O11SSi. The summed E-state index contributed by atoms with van der Waals surface area (Å²) in [6.07, 6.45) is 2.02. The zero-order valence-corrected chi connectivity index (χ0v) is 34.4. The number of ether oxygens (including phenoxy) is 2. The van der Waals surface area contributed by atoms with Gasteiger partial charge in [-0.15, -0.1) is 0 Å². The van der Waals surface area contributed by atoms with Crippen LogP contribution in [0, 0.1) is 5.41 Å². The molecule has 15 heteroatoms. The highest BCUT2D eigenvalue weighted by Gasteiger charge is 2.41. The summed E-state index contributed by atoms with van der Waals surface area (Å²) in [6, 6.07) is 16.9. The van der Waals surface area contributed by atoms with Gasteiger partial charge in [-0.1, -0.05) is 89.2 Å². The number of nitrogens with one attached hydrogen (secondary N) is 1. The summed E-state index contributed by atoms with van der Waals surface area (Å²) in [5.41, 5.74) is -0.0611. The van der Waals surface area contributed by atoms with Crippen LogP contribution in [0.4, 0.5) is 0 Å². The Morgan fingerprint density at radius 3 is 2.15 bits per heavy atom. The average molecular weight is 788 g/mol. The maximum Gasteiger partial charge on any atom is 0.328 e. The zero-order chi connectivity index (χ0) is 40.3. The highest BCUT2D eigenvalue weighted by atomic mass is 32.2. The largest absolute Gasteiger partial charge is 0.478 e. The van der Waals surface area contributed by atoms with Gasteiger partial charge in [0.2, 0.25) is 11.8 Å². The monoisotopic (exact) mass is 787 g/mol. The van der Waals surface area contributed by atoms with Gasteiger partial charge >= 0.3 is 11.9 Å². The molecule has 2 atom stereocenters. The standard InChI is InChI=1S/C39H55N2O11SSi/c1-37(2,3)28-14-16-31(17-15-28)54(30-12-10-9-11-13-30)51-21-20-39(7,8)27-50-53(47,48)23-22-49-26-29-24-32(40-33(42)18-19-34(43)44)36(46)41(29)25-35(45)52-38(4,5)6/h9-19,29,32H,20-27H2,1-8H3,(H,40,42)(H,43,44)/b19-18+/t29-,32-/m1/s1. The van der Waals surface area contributed by atoms with Crippen molar-refractivity contribution in [2.75, 3.05) is 38.7 Å². The molecule has 0 aromatic heterocycles. The number of aliphatic carboxylic acids is 1. The van der Waals surface area contributed by atoms with Gasteiger partial charge < -0.3 is 29.2 Å². The minimum atomic E-state index is -3.98. The number of rotatable bonds is 19. The van der Waals surface area contributed by atoms with Gasteiger partial charge in [0, 0.05) is 18.8 Å². The van der Waals surface area contributed by atoms with Crippen molar-refractivity contribution in [3.05, 3.63) is 72.3 Å². The quantitative estimate of drug-likeness (QED) is 0.0705. The predicted molar refractivity (Wildman–Crippen MR) is 206 cm³/mol. The van der Waals surface area contributed by atoms with Gasteiger partial charge in [0.25, 0.3) is 19.2 Å². The Morgan fingerprint density at radius 2 is 1.56 bits per heavy atom. The number of benzene rings is 2. The highest BCUT2D eigenvalue weighted by molar-refractivity contribution is 7.86. The number of nitrogens with zero attached hydrogens (tertiary/aromatic N) is 1. The van der Waals surface area contributed by atoms with Crippen molar-refractivity contribution in [2.45, 2.75) is 91.3 Å². The molecule has 3 rings (SSSR count). The molecule has 0 saturated carbocycles. The fourth-order valence-electron chi connectivity index (χ4n) is 5.48. The molecule has 1 heterocycles. The minimum Gasteiger partial charge on any atom is -0.478 e. The summed E-state index contributed by atoms with van der Waals surface area (Å²) < 4.78 is 48.6. The molecule has 13 nitrogen and oxygen atoms in total. The molecule has 1 aliphatic rings. The summed E-state index contributed by atoms with van der Waals surface area (Å²) in [5.74, 6) is -3.82. The molecule has 2 amide bonds. The van der Waals surface area contributed by atoms with Crippen LogP contribution in [0.15, 0.2) is 66.7 Å². The second-order valence-corrected chi connectivity index (χ2v) is 19.9. The van der Waals surface area contributed by atoms with Crippen LogP contribution >= 0.6 is 0 Å². The summed E-state index contributed by atoms with van der Waals surface area (Å²) in [4.78, 5) is 49.9. The fourth-order valence-corrected chi connectivity index (χ4v) is 8.36. The lowest BCUT2D eigenvalue weighted by Gasteiger charge is -2.26. The lowest BCUT2D eigenvalue weighted by Crippen LogP contribution is -2.45. The number of hydrogen-bond donors (Lipinski definition) is 2. The van der Waals surface area contributed by atoms with E-state index in [4.69, 9.17) is 23.2 Å². The van der Waals surface area contributed by atoms with E-state index in [9.17, 15) is 27.6 Å². The molecule has 0 bridgehead atoms. The van der Waals surface area contributed by atoms with E-state index in [0.717, 1.165) is 16.4 Å². The number of hydrogen-bond acceptors (Lipinski definition) is 10. The Bertz CT molecular complexity index is 1720. The first kappa shape index (κ1) is 44.5. The Morgan fingerprint density at radius 1 is 0.926 bits per heavy atom. The maximum atomic E-state index is 13.1. The summed E-state index contributed by atoms with van der Waals surface area (Å²) >= 11 is 0. The van der Waals surface area contributed by atoms with Crippen LogP contribution in [0.3, 0.4) is 0 Å². The third kappa shape index (κ3) is 15.1. The summed E-state index contributed by atoms with van der Waals surface area (Å²) in [5, 5.41) is 13.5. The van der Waals surface area contributed by atoms with Gasteiger partial charge in [0.15, 0.2) is 0 Å². The van der Waals surface area contributed by atoms with E-state index in [1.54, 1.807) is 20.8 Å². The molecule has 2 N–H and O–H groups in total. The number of amides is 2. The SMILES string of the molecule is CC(C)(CCO[Si](c1ccccc1)c1ccc(C(C)(C)C)cc1)COS(=O)(=O)CCOC[C@H]1C[C@@H](NC(=O)/C=C/C(=O)O)C(=O)N1CC(=O)OC(C)(C)C. The van der Waals surface area contributed by atoms with Crippen molar-refractivity contribution in [3.8, 4) is 0 Å². The third-order valence-corrected chi connectivity index (χ3v) is 11.8. The van der Waals surface area contributed by atoms with Crippen LogP contribution < -0.4 is 15.7 Å². The first-order valence-electron chi connectivity index (χ1n) is 17.9. The molecule has 1 fully saturated rings. The molecule has 1 radical (unpaired) electrons. The van der Waals surface area contributed by atoms with Crippen LogP contribution in [0.1, 0.15) is 73.8 Å². The van der Waals surface area contributed by atoms with Crippen molar-refractivity contribution in [1.82, 2.24) is 10.2 Å². The third-order valence-electron chi connectivity index (χ3n) is 8.43. The molecule has 2 aromatic carbocycles. The maximum absolute atomic E-state index is 13.1. The number of likely N-dealkylation sites (tertiary alicyclic amines) is 1. The smallest absolute Gasteiger partial charge is 0.328 e. The van der Waals surface area contributed by atoms with Gasteiger partial charge in [0.05, 0.1) is 31.6 Å². The molecular weight excluding hydrogens is 733 g/mol. The first-order valence-corrected chi connectivity index (χ1v) is 20.9. The van der Waals surface area contributed by atoms with Crippen LogP contribution in [-0.2, 0) is 52.8 Å². The van der Waals surface area contributed by atoms with Gasteiger partial charge in [-0.25, -0.2) is 4.79 Å². The number of carboxylic acids is 1. The van der Waals surface area contributed by atoms with Crippen molar-refractivity contribution >= 4 is 53.3 Å².